The van der Waals surface area contributed by atoms with Gasteiger partial charge >= 0.3 is 5.97 Å². The van der Waals surface area contributed by atoms with Gasteiger partial charge in [0, 0.05) is 41.3 Å². The second kappa shape index (κ2) is 7.42. The molecule has 0 bridgehead atoms. The average Bonchev–Trinajstić information content (AvgIpc) is 3.17. The number of aromatic nitrogens is 3. The molecular formula is C26H19N3O3. The van der Waals surface area contributed by atoms with Crippen LogP contribution in [0.15, 0.2) is 78.0 Å². The van der Waals surface area contributed by atoms with Crippen LogP contribution in [0.5, 0.6) is 0 Å². The Morgan fingerprint density at radius 1 is 0.938 bits per heavy atom. The first kappa shape index (κ1) is 19.6. The Morgan fingerprint density at radius 2 is 1.72 bits per heavy atom. The van der Waals surface area contributed by atoms with Gasteiger partial charge in [-0.3, -0.25) is 14.5 Å². The van der Waals surface area contributed by atoms with Crippen LogP contribution in [0.25, 0.3) is 43.9 Å². The van der Waals surface area contributed by atoms with E-state index in [0.29, 0.717) is 21.9 Å². The Balaban J connectivity index is 1.76. The summed E-state index contributed by atoms with van der Waals surface area (Å²) in [4.78, 5) is 29.6. The summed E-state index contributed by atoms with van der Waals surface area (Å²) in [7, 11) is 1.84. The number of aromatic carboxylic acids is 1. The summed E-state index contributed by atoms with van der Waals surface area (Å²) < 4.78 is 1.71. The number of carboxylic acid groups (broad SMARTS) is 1. The topological polar surface area (TPSA) is 85.1 Å². The van der Waals surface area contributed by atoms with Crippen molar-refractivity contribution < 1.29 is 9.90 Å². The quantitative estimate of drug-likeness (QED) is 0.451. The monoisotopic (exact) mass is 421 g/mol. The summed E-state index contributed by atoms with van der Waals surface area (Å²) in [5.74, 6) is -0.971. The Morgan fingerprint density at radius 3 is 2.47 bits per heavy atom. The van der Waals surface area contributed by atoms with Crippen LogP contribution in [0.1, 0.15) is 15.9 Å². The highest BCUT2D eigenvalue weighted by Gasteiger charge is 2.13. The van der Waals surface area contributed by atoms with E-state index in [-0.39, 0.29) is 11.0 Å². The molecule has 0 radical (unpaired) electrons. The van der Waals surface area contributed by atoms with Crippen LogP contribution in [0.3, 0.4) is 0 Å². The van der Waals surface area contributed by atoms with E-state index in [1.807, 2.05) is 55.7 Å². The van der Waals surface area contributed by atoms with Gasteiger partial charge in [0.25, 0.3) is 0 Å². The third kappa shape index (κ3) is 3.22. The maximum absolute atomic E-state index is 13.6. The van der Waals surface area contributed by atoms with E-state index in [4.69, 9.17) is 0 Å². The molecule has 5 aromatic rings. The molecule has 3 aromatic carbocycles. The van der Waals surface area contributed by atoms with Crippen LogP contribution in [0, 0.1) is 6.92 Å². The fourth-order valence-electron chi connectivity index (χ4n) is 4.08. The minimum Gasteiger partial charge on any atom is -0.478 e. The van der Waals surface area contributed by atoms with Gasteiger partial charge in [-0.05, 0) is 53.3 Å². The first-order chi connectivity index (χ1) is 15.4. The average molecular weight is 421 g/mol. The van der Waals surface area contributed by atoms with E-state index in [0.717, 1.165) is 27.6 Å². The zero-order chi connectivity index (χ0) is 22.4. The fourth-order valence-corrected chi connectivity index (χ4v) is 4.08. The summed E-state index contributed by atoms with van der Waals surface area (Å²) in [5.41, 5.74) is 4.71. The van der Waals surface area contributed by atoms with E-state index in [9.17, 15) is 14.7 Å². The van der Waals surface area contributed by atoms with E-state index in [1.165, 1.54) is 0 Å². The van der Waals surface area contributed by atoms with Crippen molar-refractivity contribution in [1.82, 2.24) is 14.8 Å². The number of nitrogens with zero attached hydrogens (tertiary/aromatic N) is 3. The number of benzene rings is 2. The largest absolute Gasteiger partial charge is 0.478 e. The number of pyridine rings is 1. The lowest BCUT2D eigenvalue weighted by Crippen LogP contribution is -2.02. The van der Waals surface area contributed by atoms with Gasteiger partial charge < -0.3 is 5.11 Å². The number of aryl methyl sites for hydroxylation is 1. The molecular weight excluding hydrogens is 402 g/mol. The number of fused-ring (bicyclic) bond motifs is 2. The molecule has 0 saturated heterocycles. The van der Waals surface area contributed by atoms with Crippen LogP contribution in [-0.2, 0) is 7.05 Å². The lowest BCUT2D eigenvalue weighted by Gasteiger charge is -2.09. The third-order valence-corrected chi connectivity index (χ3v) is 5.80. The van der Waals surface area contributed by atoms with Gasteiger partial charge in [0.05, 0.1) is 17.3 Å². The molecule has 0 amide bonds. The van der Waals surface area contributed by atoms with Crippen LogP contribution in [-0.4, -0.2) is 25.8 Å². The normalized spacial score (nSPS) is 11.2. The van der Waals surface area contributed by atoms with Crippen molar-refractivity contribution in [2.75, 3.05) is 0 Å². The van der Waals surface area contributed by atoms with Crippen molar-refractivity contribution >= 4 is 27.6 Å². The zero-order valence-corrected chi connectivity index (χ0v) is 17.5. The number of carboxylic acids is 1. The second-order valence-corrected chi connectivity index (χ2v) is 7.81. The zero-order valence-electron chi connectivity index (χ0n) is 17.5. The van der Waals surface area contributed by atoms with Gasteiger partial charge in [0.15, 0.2) is 5.43 Å². The Kier molecular flexibility index (Phi) is 4.56. The Labute approximate surface area is 183 Å². The van der Waals surface area contributed by atoms with Gasteiger partial charge in [-0.2, -0.15) is 5.10 Å². The molecule has 6 heteroatoms. The number of hydrogen-bond acceptors (Lipinski definition) is 4. The second-order valence-electron chi connectivity index (χ2n) is 7.81. The fraction of sp³-hybridized carbons (Fsp3) is 0.0769. The molecule has 32 heavy (non-hydrogen) atoms. The maximum atomic E-state index is 13.6. The minimum atomic E-state index is -0.971. The van der Waals surface area contributed by atoms with Crippen molar-refractivity contribution in [2.24, 2.45) is 7.05 Å². The van der Waals surface area contributed by atoms with Crippen molar-refractivity contribution in [3.63, 3.8) is 0 Å². The summed E-state index contributed by atoms with van der Waals surface area (Å²) in [5, 5.41) is 15.5. The van der Waals surface area contributed by atoms with Gasteiger partial charge in [-0.15, -0.1) is 0 Å². The minimum absolute atomic E-state index is 0.118. The standard InChI is InChI=1S/C26H19N3O3/c1-15-20(4-3-5-21(15)26(31)32)17-7-6-16-8-9-24-23(25(30)22(16)10-17)11-18(12-27-24)19-13-28-29(2)14-19/h3-14H,1-2H3,(H,31,32). The van der Waals surface area contributed by atoms with Gasteiger partial charge in [0.2, 0.25) is 0 Å². The molecule has 0 unspecified atom stereocenters. The Hall–Kier alpha value is -4.32. The van der Waals surface area contributed by atoms with Gasteiger partial charge in [0.1, 0.15) is 0 Å². The van der Waals surface area contributed by atoms with E-state index >= 15 is 0 Å². The number of rotatable bonds is 3. The van der Waals surface area contributed by atoms with Crippen molar-refractivity contribution in [2.45, 2.75) is 6.92 Å². The van der Waals surface area contributed by atoms with E-state index in [1.54, 1.807) is 36.1 Å². The van der Waals surface area contributed by atoms with Crippen LogP contribution < -0.4 is 5.43 Å². The van der Waals surface area contributed by atoms with Crippen LogP contribution in [0.2, 0.25) is 0 Å². The Bertz CT molecular complexity index is 1600. The summed E-state index contributed by atoms with van der Waals surface area (Å²) in [6, 6.07) is 16.4. The third-order valence-electron chi connectivity index (χ3n) is 5.80. The van der Waals surface area contributed by atoms with Crippen LogP contribution >= 0.6 is 0 Å². The highest BCUT2D eigenvalue weighted by molar-refractivity contribution is 5.96. The highest BCUT2D eigenvalue weighted by atomic mass is 16.4. The van der Waals surface area contributed by atoms with E-state index in [2.05, 4.69) is 10.1 Å². The van der Waals surface area contributed by atoms with E-state index < -0.39 is 5.97 Å². The molecule has 2 aromatic heterocycles. The molecule has 5 rings (SSSR count). The summed E-state index contributed by atoms with van der Waals surface area (Å²) in [6.45, 7) is 1.78. The smallest absolute Gasteiger partial charge is 0.335 e. The molecule has 0 spiro atoms. The molecule has 2 heterocycles. The predicted molar refractivity (Wildman–Crippen MR) is 125 cm³/mol. The van der Waals surface area contributed by atoms with Gasteiger partial charge in [-0.25, -0.2) is 4.79 Å². The SMILES string of the molecule is Cc1c(C(=O)O)cccc1-c1ccc2ccc3ncc(-c4cnn(C)c4)cc3c(=O)c2c1. The molecule has 0 atom stereocenters. The van der Waals surface area contributed by atoms with Gasteiger partial charge in [-0.1, -0.05) is 30.3 Å². The molecule has 0 aliphatic heterocycles. The predicted octanol–water partition coefficient (Wildman–Crippen LogP) is 4.82. The lowest BCUT2D eigenvalue weighted by atomic mass is 9.95. The molecule has 156 valence electrons. The highest BCUT2D eigenvalue weighted by Crippen LogP contribution is 2.29. The first-order valence-electron chi connectivity index (χ1n) is 10.1. The maximum Gasteiger partial charge on any atom is 0.335 e. The first-order valence-corrected chi connectivity index (χ1v) is 10.1. The molecule has 1 N–H and O–H groups in total. The van der Waals surface area contributed by atoms with Crippen LogP contribution in [0.4, 0.5) is 0 Å². The van der Waals surface area contributed by atoms with Crippen molar-refractivity contribution in [1.29, 1.82) is 0 Å². The molecule has 0 aliphatic carbocycles. The summed E-state index contributed by atoms with van der Waals surface area (Å²) in [6.07, 6.45) is 5.37. The van der Waals surface area contributed by atoms with Crippen molar-refractivity contribution in [3.05, 3.63) is 94.5 Å². The molecule has 0 fully saturated rings. The number of carbonyl (C=O) groups is 1. The van der Waals surface area contributed by atoms with Crippen molar-refractivity contribution in [3.8, 4) is 22.3 Å². The molecule has 0 aliphatic rings. The lowest BCUT2D eigenvalue weighted by molar-refractivity contribution is 0.0696. The molecule has 6 nitrogen and oxygen atoms in total. The summed E-state index contributed by atoms with van der Waals surface area (Å²) >= 11 is 0. The number of hydrogen-bond donors (Lipinski definition) is 1. The molecule has 0 saturated carbocycles.